The quantitative estimate of drug-likeness (QED) is 0.654. The first-order valence-electron chi connectivity index (χ1n) is 7.06. The Kier molecular flexibility index (Phi) is 2.54. The largest absolute Gasteiger partial charge is 0.389 e. The Balaban J connectivity index is 1.70. The number of aliphatic hydroxyl groups is 1. The minimum absolute atomic E-state index is 0.194. The van der Waals surface area contributed by atoms with Crippen molar-refractivity contribution in [3.05, 3.63) is 0 Å². The Labute approximate surface area is 93.3 Å². The zero-order valence-electron chi connectivity index (χ0n) is 9.75. The van der Waals surface area contributed by atoms with Crippen molar-refractivity contribution in [2.75, 3.05) is 0 Å². The average molecular weight is 208 g/mol. The standard InChI is InChI=1S/C14H24O/c15-14(11-7-3-1-2-4-8-11)12-9-5-6-10-13(12)14/h11-13,15H,1-10H2. The molecule has 0 aliphatic heterocycles. The Hall–Kier alpha value is -0.0400. The van der Waals surface area contributed by atoms with Crippen LogP contribution in [0.5, 0.6) is 0 Å². The van der Waals surface area contributed by atoms with E-state index in [1.54, 1.807) is 0 Å². The van der Waals surface area contributed by atoms with Gasteiger partial charge in [0, 0.05) is 0 Å². The molecule has 0 aromatic heterocycles. The number of hydrogen-bond acceptors (Lipinski definition) is 1. The first-order chi connectivity index (χ1) is 7.33. The molecule has 86 valence electrons. The molecule has 0 aromatic rings. The van der Waals surface area contributed by atoms with E-state index < -0.39 is 0 Å². The Morgan fingerprint density at radius 1 is 0.667 bits per heavy atom. The van der Waals surface area contributed by atoms with Gasteiger partial charge in [0.15, 0.2) is 0 Å². The van der Waals surface area contributed by atoms with E-state index in [2.05, 4.69) is 0 Å². The molecule has 3 aliphatic carbocycles. The van der Waals surface area contributed by atoms with Crippen LogP contribution in [0, 0.1) is 17.8 Å². The Morgan fingerprint density at radius 2 is 1.13 bits per heavy atom. The summed E-state index contributed by atoms with van der Waals surface area (Å²) in [6.45, 7) is 0. The zero-order valence-corrected chi connectivity index (χ0v) is 9.75. The van der Waals surface area contributed by atoms with E-state index in [-0.39, 0.29) is 5.60 Å². The molecule has 0 spiro atoms. The number of hydrogen-bond donors (Lipinski definition) is 1. The molecule has 2 unspecified atom stereocenters. The molecule has 0 amide bonds. The second kappa shape index (κ2) is 3.76. The fourth-order valence-corrected chi connectivity index (χ4v) is 4.49. The van der Waals surface area contributed by atoms with Crippen LogP contribution in [-0.4, -0.2) is 10.7 Å². The van der Waals surface area contributed by atoms with Gasteiger partial charge in [-0.25, -0.2) is 0 Å². The van der Waals surface area contributed by atoms with Crippen molar-refractivity contribution in [1.82, 2.24) is 0 Å². The lowest BCUT2D eigenvalue weighted by atomic mass is 9.89. The monoisotopic (exact) mass is 208 g/mol. The van der Waals surface area contributed by atoms with Crippen molar-refractivity contribution in [3.8, 4) is 0 Å². The summed E-state index contributed by atoms with van der Waals surface area (Å²) in [6, 6.07) is 0. The van der Waals surface area contributed by atoms with Gasteiger partial charge in [-0.3, -0.25) is 0 Å². The van der Waals surface area contributed by atoms with E-state index in [9.17, 15) is 5.11 Å². The van der Waals surface area contributed by atoms with Gasteiger partial charge in [0.25, 0.3) is 0 Å². The topological polar surface area (TPSA) is 20.2 Å². The Morgan fingerprint density at radius 3 is 1.67 bits per heavy atom. The van der Waals surface area contributed by atoms with Gasteiger partial charge in [-0.15, -0.1) is 0 Å². The van der Waals surface area contributed by atoms with Crippen LogP contribution in [0.2, 0.25) is 0 Å². The first-order valence-corrected chi connectivity index (χ1v) is 7.06. The van der Waals surface area contributed by atoms with Crippen molar-refractivity contribution in [1.29, 1.82) is 0 Å². The summed E-state index contributed by atoms with van der Waals surface area (Å²) in [4.78, 5) is 0. The van der Waals surface area contributed by atoms with E-state index in [1.165, 1.54) is 64.2 Å². The average Bonchev–Trinajstić information content (AvgIpc) is 2.96. The molecule has 3 rings (SSSR count). The summed E-state index contributed by atoms with van der Waals surface area (Å²) in [7, 11) is 0. The third-order valence-corrected chi connectivity index (χ3v) is 5.35. The SMILES string of the molecule is OC1(C2CCCCCC2)C2CCCCC21. The molecule has 0 saturated heterocycles. The van der Waals surface area contributed by atoms with Gasteiger partial charge in [0.2, 0.25) is 0 Å². The summed E-state index contributed by atoms with van der Waals surface area (Å²) in [6.07, 6.45) is 13.5. The lowest BCUT2D eigenvalue weighted by molar-refractivity contribution is 0.0453. The maximum atomic E-state index is 10.8. The van der Waals surface area contributed by atoms with E-state index in [1.807, 2.05) is 0 Å². The smallest absolute Gasteiger partial charge is 0.0739 e. The second-order valence-corrected chi connectivity index (χ2v) is 6.07. The molecule has 1 nitrogen and oxygen atoms in total. The van der Waals surface area contributed by atoms with Gasteiger partial charge in [-0.05, 0) is 43.4 Å². The molecule has 1 heteroatoms. The number of fused-ring (bicyclic) bond motifs is 1. The van der Waals surface area contributed by atoms with Gasteiger partial charge in [0.1, 0.15) is 0 Å². The van der Waals surface area contributed by atoms with Crippen LogP contribution in [0.15, 0.2) is 0 Å². The highest BCUT2D eigenvalue weighted by Crippen LogP contribution is 2.63. The van der Waals surface area contributed by atoms with Crippen LogP contribution in [0.3, 0.4) is 0 Å². The zero-order chi connectivity index (χ0) is 10.3. The minimum atomic E-state index is -0.194. The maximum absolute atomic E-state index is 10.8. The lowest BCUT2D eigenvalue weighted by Crippen LogP contribution is -2.25. The van der Waals surface area contributed by atoms with Gasteiger partial charge in [0.05, 0.1) is 5.60 Å². The van der Waals surface area contributed by atoms with Gasteiger partial charge in [-0.1, -0.05) is 38.5 Å². The molecule has 1 N–H and O–H groups in total. The lowest BCUT2D eigenvalue weighted by Gasteiger charge is -2.22. The maximum Gasteiger partial charge on any atom is 0.0739 e. The van der Waals surface area contributed by atoms with Crippen LogP contribution in [0.25, 0.3) is 0 Å². The molecule has 3 fully saturated rings. The summed E-state index contributed by atoms with van der Waals surface area (Å²) in [5.41, 5.74) is -0.194. The van der Waals surface area contributed by atoms with Gasteiger partial charge >= 0.3 is 0 Å². The van der Waals surface area contributed by atoms with Crippen molar-refractivity contribution in [2.24, 2.45) is 17.8 Å². The fourth-order valence-electron chi connectivity index (χ4n) is 4.49. The third kappa shape index (κ3) is 1.54. The van der Waals surface area contributed by atoms with E-state index in [4.69, 9.17) is 0 Å². The molecule has 0 heterocycles. The molecular weight excluding hydrogens is 184 g/mol. The Bertz CT molecular complexity index is 215. The summed E-state index contributed by atoms with van der Waals surface area (Å²) in [5, 5.41) is 10.8. The van der Waals surface area contributed by atoms with E-state index >= 15 is 0 Å². The van der Waals surface area contributed by atoms with Crippen LogP contribution in [0.1, 0.15) is 64.2 Å². The molecular formula is C14H24O. The minimum Gasteiger partial charge on any atom is -0.389 e. The predicted molar refractivity (Wildman–Crippen MR) is 61.6 cm³/mol. The summed E-state index contributed by atoms with van der Waals surface area (Å²) in [5.74, 6) is 2.07. The van der Waals surface area contributed by atoms with Crippen molar-refractivity contribution >= 4 is 0 Å². The van der Waals surface area contributed by atoms with Gasteiger partial charge in [-0.2, -0.15) is 0 Å². The third-order valence-electron chi connectivity index (χ3n) is 5.35. The van der Waals surface area contributed by atoms with Crippen LogP contribution in [0.4, 0.5) is 0 Å². The molecule has 0 aromatic carbocycles. The normalized spacial score (nSPS) is 47.0. The van der Waals surface area contributed by atoms with Crippen LogP contribution >= 0.6 is 0 Å². The highest BCUT2D eigenvalue weighted by Gasteiger charge is 2.66. The van der Waals surface area contributed by atoms with Crippen LogP contribution in [-0.2, 0) is 0 Å². The van der Waals surface area contributed by atoms with E-state index in [0.717, 1.165) is 0 Å². The molecule has 15 heavy (non-hydrogen) atoms. The molecule has 0 radical (unpaired) electrons. The fraction of sp³-hybridized carbons (Fsp3) is 1.00. The van der Waals surface area contributed by atoms with E-state index in [0.29, 0.717) is 17.8 Å². The predicted octanol–water partition coefficient (Wildman–Crippen LogP) is 3.51. The highest BCUT2D eigenvalue weighted by atomic mass is 16.3. The second-order valence-electron chi connectivity index (χ2n) is 6.07. The molecule has 3 aliphatic rings. The molecule has 2 atom stereocenters. The summed E-state index contributed by atoms with van der Waals surface area (Å²) >= 11 is 0. The van der Waals surface area contributed by atoms with Crippen molar-refractivity contribution < 1.29 is 5.11 Å². The van der Waals surface area contributed by atoms with Crippen LogP contribution < -0.4 is 0 Å². The van der Waals surface area contributed by atoms with Gasteiger partial charge < -0.3 is 5.11 Å². The first kappa shape index (κ1) is 10.1. The number of rotatable bonds is 1. The highest BCUT2D eigenvalue weighted by molar-refractivity contribution is 5.16. The van der Waals surface area contributed by atoms with Crippen molar-refractivity contribution in [3.63, 3.8) is 0 Å². The summed E-state index contributed by atoms with van der Waals surface area (Å²) < 4.78 is 0. The van der Waals surface area contributed by atoms with Crippen molar-refractivity contribution in [2.45, 2.75) is 69.8 Å². The molecule has 3 saturated carbocycles. The molecule has 0 bridgehead atoms.